The van der Waals surface area contributed by atoms with Gasteiger partial charge in [0, 0.05) is 12.8 Å². The van der Waals surface area contributed by atoms with E-state index in [0.717, 1.165) is 57.8 Å². The number of phosphoric ester groups is 1. The molecule has 0 spiro atoms. The summed E-state index contributed by atoms with van der Waals surface area (Å²) in [6, 6.07) is 0. The molecule has 0 rings (SSSR count). The third kappa shape index (κ3) is 53.4. The minimum Gasteiger partial charge on any atom is -0.756 e. The monoisotopic (exact) mass is 966 g/mol. The minimum atomic E-state index is -4.64. The van der Waals surface area contributed by atoms with Crippen molar-refractivity contribution >= 4 is 19.8 Å². The van der Waals surface area contributed by atoms with Crippen molar-refractivity contribution in [3.05, 3.63) is 36.5 Å². The van der Waals surface area contributed by atoms with Crippen molar-refractivity contribution in [1.29, 1.82) is 0 Å². The number of likely N-dealkylation sites (N-methyl/N-ethyl adjacent to an activating group) is 1. The first-order valence-corrected chi connectivity index (χ1v) is 29.7. The summed E-state index contributed by atoms with van der Waals surface area (Å²) < 4.78 is 34.0. The summed E-state index contributed by atoms with van der Waals surface area (Å²) in [5.74, 6) is -0.859. The number of carbonyl (C=O) groups excluding carboxylic acids is 2. The van der Waals surface area contributed by atoms with E-state index >= 15 is 0 Å². The van der Waals surface area contributed by atoms with Gasteiger partial charge in [0.2, 0.25) is 0 Å². The second kappa shape index (κ2) is 49.2. The van der Waals surface area contributed by atoms with Crippen molar-refractivity contribution in [3.8, 4) is 0 Å². The molecule has 0 saturated heterocycles. The number of nitrogens with zero attached hydrogens (tertiary/aromatic N) is 1. The average molecular weight is 966 g/mol. The maximum atomic E-state index is 12.7. The third-order valence-electron chi connectivity index (χ3n) is 12.4. The van der Waals surface area contributed by atoms with Crippen molar-refractivity contribution in [2.24, 2.45) is 0 Å². The number of esters is 2. The minimum absolute atomic E-state index is 0.0358. The predicted octanol–water partition coefficient (Wildman–Crippen LogP) is 16.6. The van der Waals surface area contributed by atoms with Gasteiger partial charge in [-0.15, -0.1) is 0 Å². The van der Waals surface area contributed by atoms with Gasteiger partial charge in [0.15, 0.2) is 6.10 Å². The summed E-state index contributed by atoms with van der Waals surface area (Å²) in [6.45, 7) is 4.12. The van der Waals surface area contributed by atoms with Crippen LogP contribution in [0, 0.1) is 0 Å². The van der Waals surface area contributed by atoms with Crippen molar-refractivity contribution in [2.45, 2.75) is 270 Å². The summed E-state index contributed by atoms with van der Waals surface area (Å²) in [7, 11) is 1.15. The van der Waals surface area contributed by atoms with E-state index in [1.54, 1.807) is 0 Å². The lowest BCUT2D eigenvalue weighted by Crippen LogP contribution is -2.37. The van der Waals surface area contributed by atoms with Gasteiger partial charge in [0.05, 0.1) is 27.7 Å². The number of ether oxygens (including phenoxy) is 2. The first-order chi connectivity index (χ1) is 32.5. The van der Waals surface area contributed by atoms with E-state index < -0.39 is 26.5 Å². The maximum absolute atomic E-state index is 12.7. The highest BCUT2D eigenvalue weighted by Crippen LogP contribution is 2.38. The normalized spacial score (nSPS) is 13.6. The van der Waals surface area contributed by atoms with Crippen molar-refractivity contribution in [3.63, 3.8) is 0 Å². The maximum Gasteiger partial charge on any atom is 0.306 e. The van der Waals surface area contributed by atoms with Crippen molar-refractivity contribution in [1.82, 2.24) is 0 Å². The van der Waals surface area contributed by atoms with Gasteiger partial charge in [-0.2, -0.15) is 0 Å². The molecule has 0 N–H and O–H groups in total. The van der Waals surface area contributed by atoms with Crippen LogP contribution in [0.3, 0.4) is 0 Å². The number of phosphoric acid groups is 1. The zero-order valence-electron chi connectivity index (χ0n) is 44.6. The summed E-state index contributed by atoms with van der Waals surface area (Å²) in [6.07, 6.45) is 59.4. The smallest absolute Gasteiger partial charge is 0.306 e. The largest absolute Gasteiger partial charge is 0.756 e. The molecular weight excluding hydrogens is 858 g/mol. The standard InChI is InChI=1S/C57H108NO8P/c1-6-8-10-12-14-16-18-20-21-22-23-24-25-26-27-28-29-30-31-32-33-34-35-36-38-39-41-43-45-47-49-56(59)63-53-55(54-65-67(61,62)64-52-51-58(3,4)5)66-57(60)50-48-46-44-42-40-37-19-17-15-13-11-9-7-2/h9,11,15,17,37,40,55H,6-8,10,12-14,16,18-36,38-39,41-54H2,1-5H3/b11-9-,17-15-,40-37-. The Kier molecular flexibility index (Phi) is 47.9. The summed E-state index contributed by atoms with van der Waals surface area (Å²) in [4.78, 5) is 37.7. The van der Waals surface area contributed by atoms with Gasteiger partial charge in [0.1, 0.15) is 19.8 Å². The second-order valence-corrected chi connectivity index (χ2v) is 21.7. The average Bonchev–Trinajstić information content (AvgIpc) is 3.29. The SMILES string of the molecule is CC/C=C\C/C=C\C/C=C\CCCCCC(=O)OC(COC(=O)CCCCCCCCCCCCCCCCCCCCCCCCCCCCCCCC)COP(=O)([O-])OCC[N+](C)(C)C. The number of hydrogen-bond donors (Lipinski definition) is 0. The number of allylic oxidation sites excluding steroid dienone is 6. The van der Waals surface area contributed by atoms with E-state index in [9.17, 15) is 19.0 Å². The first-order valence-electron chi connectivity index (χ1n) is 28.2. The zero-order valence-corrected chi connectivity index (χ0v) is 45.5. The number of hydrogen-bond acceptors (Lipinski definition) is 8. The van der Waals surface area contributed by atoms with Gasteiger partial charge in [-0.3, -0.25) is 14.2 Å². The molecule has 0 heterocycles. The molecule has 2 atom stereocenters. The van der Waals surface area contributed by atoms with Gasteiger partial charge in [0.25, 0.3) is 7.82 Å². The molecule has 0 aliphatic carbocycles. The molecule has 0 bridgehead atoms. The topological polar surface area (TPSA) is 111 Å². The molecule has 0 aromatic heterocycles. The molecule has 0 radical (unpaired) electrons. The Labute approximate surface area is 414 Å². The number of rotatable bonds is 52. The van der Waals surface area contributed by atoms with Crippen LogP contribution < -0.4 is 4.89 Å². The lowest BCUT2D eigenvalue weighted by molar-refractivity contribution is -0.870. The highest BCUT2D eigenvalue weighted by Gasteiger charge is 2.21. The van der Waals surface area contributed by atoms with Crippen LogP contribution in [0.2, 0.25) is 0 Å². The Morgan fingerprint density at radius 1 is 0.478 bits per heavy atom. The van der Waals surface area contributed by atoms with Gasteiger partial charge in [-0.25, -0.2) is 0 Å². The van der Waals surface area contributed by atoms with Gasteiger partial charge in [-0.1, -0.05) is 243 Å². The fraction of sp³-hybridized carbons (Fsp3) is 0.860. The van der Waals surface area contributed by atoms with E-state index in [-0.39, 0.29) is 32.0 Å². The van der Waals surface area contributed by atoms with Crippen LogP contribution in [0.4, 0.5) is 0 Å². The molecule has 67 heavy (non-hydrogen) atoms. The van der Waals surface area contributed by atoms with Crippen molar-refractivity contribution in [2.75, 3.05) is 47.5 Å². The molecular formula is C57H108NO8P. The summed E-state index contributed by atoms with van der Waals surface area (Å²) >= 11 is 0. The van der Waals surface area contributed by atoms with Crippen LogP contribution >= 0.6 is 7.82 Å². The Bertz CT molecular complexity index is 1230. The van der Waals surface area contributed by atoms with E-state index in [2.05, 4.69) is 50.3 Å². The number of carbonyl (C=O) groups is 2. The third-order valence-corrected chi connectivity index (χ3v) is 13.4. The van der Waals surface area contributed by atoms with Crippen LogP contribution in [-0.2, 0) is 32.7 Å². The fourth-order valence-corrected chi connectivity index (χ4v) is 8.81. The molecule has 0 aliphatic rings. The highest BCUT2D eigenvalue weighted by atomic mass is 31.2. The van der Waals surface area contributed by atoms with Crippen LogP contribution in [0.15, 0.2) is 36.5 Å². The van der Waals surface area contributed by atoms with E-state index in [1.807, 2.05) is 21.1 Å². The lowest BCUT2D eigenvalue weighted by Gasteiger charge is -2.28. The lowest BCUT2D eigenvalue weighted by atomic mass is 10.0. The van der Waals surface area contributed by atoms with Crippen LogP contribution in [0.1, 0.15) is 264 Å². The van der Waals surface area contributed by atoms with Gasteiger partial charge >= 0.3 is 11.9 Å². The quantitative estimate of drug-likeness (QED) is 0.0195. The molecule has 9 nitrogen and oxygen atoms in total. The Hall–Kier alpha value is -1.77. The predicted molar refractivity (Wildman–Crippen MR) is 282 cm³/mol. The molecule has 0 aromatic rings. The van der Waals surface area contributed by atoms with Crippen LogP contribution in [0.25, 0.3) is 0 Å². The number of quaternary nitrogens is 1. The Morgan fingerprint density at radius 2 is 0.851 bits per heavy atom. The van der Waals surface area contributed by atoms with E-state index in [1.165, 1.54) is 173 Å². The molecule has 0 aliphatic heterocycles. The summed E-state index contributed by atoms with van der Waals surface area (Å²) in [5, 5.41) is 0. The first kappa shape index (κ1) is 65.2. The molecule has 10 heteroatoms. The zero-order chi connectivity index (χ0) is 49.2. The molecule has 0 fully saturated rings. The second-order valence-electron chi connectivity index (χ2n) is 20.3. The molecule has 0 saturated carbocycles. The molecule has 394 valence electrons. The van der Waals surface area contributed by atoms with Crippen LogP contribution in [0.5, 0.6) is 0 Å². The highest BCUT2D eigenvalue weighted by molar-refractivity contribution is 7.45. The van der Waals surface area contributed by atoms with E-state index in [4.69, 9.17) is 18.5 Å². The van der Waals surface area contributed by atoms with Gasteiger partial charge in [-0.05, 0) is 44.9 Å². The van der Waals surface area contributed by atoms with E-state index in [0.29, 0.717) is 17.4 Å². The number of unbranched alkanes of at least 4 members (excludes halogenated alkanes) is 32. The van der Waals surface area contributed by atoms with Crippen molar-refractivity contribution < 1.29 is 42.1 Å². The Balaban J connectivity index is 4.00. The van der Waals surface area contributed by atoms with Crippen LogP contribution in [-0.4, -0.2) is 70.0 Å². The molecule has 0 amide bonds. The summed E-state index contributed by atoms with van der Waals surface area (Å²) in [5.41, 5.74) is 0. The van der Waals surface area contributed by atoms with Gasteiger partial charge < -0.3 is 27.9 Å². The Morgan fingerprint density at radius 3 is 1.27 bits per heavy atom. The fourth-order valence-electron chi connectivity index (χ4n) is 8.08. The molecule has 0 aromatic carbocycles. The molecule has 2 unspecified atom stereocenters.